The molecule has 5 heteroatoms. The fourth-order valence-corrected chi connectivity index (χ4v) is 3.23. The van der Waals surface area contributed by atoms with Gasteiger partial charge in [-0.05, 0) is 48.6 Å². The van der Waals surface area contributed by atoms with E-state index in [1.807, 2.05) is 12.1 Å². The third-order valence-corrected chi connectivity index (χ3v) is 4.63. The highest BCUT2D eigenvalue weighted by Crippen LogP contribution is 2.38. The number of aromatic nitrogens is 1. The van der Waals surface area contributed by atoms with Crippen LogP contribution in [0.25, 0.3) is 11.0 Å². The lowest BCUT2D eigenvalue weighted by molar-refractivity contribution is 0.0905. The Morgan fingerprint density at radius 2 is 2.17 bits per heavy atom. The Balaban J connectivity index is 1.41. The van der Waals surface area contributed by atoms with Crippen molar-refractivity contribution in [3.8, 4) is 5.75 Å². The zero-order valence-electron chi connectivity index (χ0n) is 13.4. The SMILES string of the molecule is COc1cccc(C2CC(NC(=O)c3nccc4occc34)C2)c1. The molecule has 0 radical (unpaired) electrons. The predicted octanol–water partition coefficient (Wildman–Crippen LogP) is 3.51. The minimum atomic E-state index is -0.143. The van der Waals surface area contributed by atoms with Crippen molar-refractivity contribution in [2.45, 2.75) is 24.8 Å². The molecular formula is C19H18N2O3. The molecule has 2 aromatic heterocycles. The number of carbonyl (C=O) groups excluding carboxylic acids is 1. The van der Waals surface area contributed by atoms with Crippen LogP contribution in [-0.2, 0) is 0 Å². The van der Waals surface area contributed by atoms with E-state index >= 15 is 0 Å². The summed E-state index contributed by atoms with van der Waals surface area (Å²) >= 11 is 0. The van der Waals surface area contributed by atoms with Crippen LogP contribution in [0.2, 0.25) is 0 Å². The summed E-state index contributed by atoms with van der Waals surface area (Å²) in [7, 11) is 1.67. The highest BCUT2D eigenvalue weighted by Gasteiger charge is 2.32. The Labute approximate surface area is 139 Å². The van der Waals surface area contributed by atoms with Gasteiger partial charge >= 0.3 is 0 Å². The van der Waals surface area contributed by atoms with Gasteiger partial charge < -0.3 is 14.5 Å². The van der Waals surface area contributed by atoms with Gasteiger partial charge in [0.15, 0.2) is 0 Å². The van der Waals surface area contributed by atoms with Crippen molar-refractivity contribution in [1.29, 1.82) is 0 Å². The number of hydrogen-bond donors (Lipinski definition) is 1. The summed E-state index contributed by atoms with van der Waals surface area (Å²) in [6, 6.07) is 11.8. The Morgan fingerprint density at radius 1 is 1.29 bits per heavy atom. The summed E-state index contributed by atoms with van der Waals surface area (Å²) in [6.07, 6.45) is 5.03. The molecule has 0 spiro atoms. The normalized spacial score (nSPS) is 19.7. The minimum absolute atomic E-state index is 0.143. The first-order valence-corrected chi connectivity index (χ1v) is 8.01. The van der Waals surface area contributed by atoms with Crippen molar-refractivity contribution in [1.82, 2.24) is 10.3 Å². The number of hydrogen-bond acceptors (Lipinski definition) is 4. The maximum Gasteiger partial charge on any atom is 0.270 e. The fraction of sp³-hybridized carbons (Fsp3) is 0.263. The molecule has 3 aromatic rings. The van der Waals surface area contributed by atoms with Crippen molar-refractivity contribution >= 4 is 16.9 Å². The molecule has 0 atom stereocenters. The van der Waals surface area contributed by atoms with Crippen LogP contribution >= 0.6 is 0 Å². The number of benzene rings is 1. The van der Waals surface area contributed by atoms with Crippen molar-refractivity contribution in [2.24, 2.45) is 0 Å². The van der Waals surface area contributed by atoms with E-state index in [0.717, 1.165) is 24.0 Å². The largest absolute Gasteiger partial charge is 0.497 e. The number of nitrogens with one attached hydrogen (secondary N) is 1. The molecule has 0 saturated heterocycles. The predicted molar refractivity (Wildman–Crippen MR) is 90.2 cm³/mol. The van der Waals surface area contributed by atoms with E-state index in [4.69, 9.17) is 9.15 Å². The lowest BCUT2D eigenvalue weighted by atomic mass is 9.76. The first-order valence-electron chi connectivity index (χ1n) is 8.01. The van der Waals surface area contributed by atoms with Crippen molar-refractivity contribution in [3.63, 3.8) is 0 Å². The molecule has 1 saturated carbocycles. The molecular weight excluding hydrogens is 304 g/mol. The maximum absolute atomic E-state index is 12.5. The smallest absolute Gasteiger partial charge is 0.270 e. The number of rotatable bonds is 4. The molecule has 1 aliphatic rings. The molecule has 4 rings (SSSR count). The fourth-order valence-electron chi connectivity index (χ4n) is 3.23. The topological polar surface area (TPSA) is 64.4 Å². The van der Waals surface area contributed by atoms with Gasteiger partial charge in [0.2, 0.25) is 0 Å². The van der Waals surface area contributed by atoms with Gasteiger partial charge in [0.05, 0.1) is 18.8 Å². The van der Waals surface area contributed by atoms with Gasteiger partial charge in [-0.2, -0.15) is 0 Å². The Hall–Kier alpha value is -2.82. The van der Waals surface area contributed by atoms with E-state index in [2.05, 4.69) is 22.4 Å². The molecule has 0 bridgehead atoms. The van der Waals surface area contributed by atoms with Gasteiger partial charge in [0.25, 0.3) is 5.91 Å². The van der Waals surface area contributed by atoms with Crippen molar-refractivity contribution < 1.29 is 13.9 Å². The Morgan fingerprint density at radius 3 is 3.00 bits per heavy atom. The van der Waals surface area contributed by atoms with E-state index in [0.29, 0.717) is 17.2 Å². The highest BCUT2D eigenvalue weighted by atomic mass is 16.5. The third-order valence-electron chi connectivity index (χ3n) is 4.63. The molecule has 0 aliphatic heterocycles. The quantitative estimate of drug-likeness (QED) is 0.798. The summed E-state index contributed by atoms with van der Waals surface area (Å²) in [5.74, 6) is 1.19. The van der Waals surface area contributed by atoms with Crippen molar-refractivity contribution in [2.75, 3.05) is 7.11 Å². The summed E-state index contributed by atoms with van der Waals surface area (Å²) in [4.78, 5) is 16.7. The molecule has 1 fully saturated rings. The van der Waals surface area contributed by atoms with E-state index in [9.17, 15) is 4.79 Å². The van der Waals surface area contributed by atoms with Crippen LogP contribution in [0.4, 0.5) is 0 Å². The van der Waals surface area contributed by atoms with Crippen LogP contribution in [-0.4, -0.2) is 24.0 Å². The Kier molecular flexibility index (Phi) is 3.69. The van der Waals surface area contributed by atoms with Gasteiger partial charge in [0.1, 0.15) is 17.0 Å². The number of nitrogens with zero attached hydrogens (tertiary/aromatic N) is 1. The zero-order chi connectivity index (χ0) is 16.5. The number of pyridine rings is 1. The third kappa shape index (κ3) is 2.62. The number of furan rings is 1. The molecule has 2 heterocycles. The van der Waals surface area contributed by atoms with E-state index < -0.39 is 0 Å². The molecule has 1 aromatic carbocycles. The van der Waals surface area contributed by atoms with Crippen LogP contribution in [0, 0.1) is 0 Å². The van der Waals surface area contributed by atoms with Gasteiger partial charge in [-0.1, -0.05) is 12.1 Å². The lowest BCUT2D eigenvalue weighted by Gasteiger charge is -2.36. The minimum Gasteiger partial charge on any atom is -0.497 e. The van der Waals surface area contributed by atoms with E-state index in [-0.39, 0.29) is 11.9 Å². The summed E-state index contributed by atoms with van der Waals surface area (Å²) < 4.78 is 10.6. The highest BCUT2D eigenvalue weighted by molar-refractivity contribution is 6.04. The van der Waals surface area contributed by atoms with Crippen LogP contribution in [0.5, 0.6) is 5.75 Å². The number of fused-ring (bicyclic) bond motifs is 1. The Bertz CT molecular complexity index is 881. The van der Waals surface area contributed by atoms with Crippen LogP contribution in [0.3, 0.4) is 0 Å². The second-order valence-corrected chi connectivity index (χ2v) is 6.11. The first kappa shape index (κ1) is 14.8. The average Bonchev–Trinajstić information content (AvgIpc) is 3.06. The van der Waals surface area contributed by atoms with E-state index in [1.54, 1.807) is 31.7 Å². The van der Waals surface area contributed by atoms with Crippen LogP contribution in [0.1, 0.15) is 34.8 Å². The van der Waals surface area contributed by atoms with Crippen LogP contribution in [0.15, 0.2) is 53.3 Å². The molecule has 1 N–H and O–H groups in total. The van der Waals surface area contributed by atoms with Crippen molar-refractivity contribution in [3.05, 3.63) is 60.1 Å². The maximum atomic E-state index is 12.5. The second-order valence-electron chi connectivity index (χ2n) is 6.11. The standard InChI is InChI=1S/C19H18N2O3/c1-23-15-4-2-3-12(11-15)13-9-14(10-13)21-19(22)18-16-6-8-24-17(16)5-7-20-18/h2-8,11,13-14H,9-10H2,1H3,(H,21,22). The molecule has 0 unspecified atom stereocenters. The molecule has 1 amide bonds. The molecule has 24 heavy (non-hydrogen) atoms. The summed E-state index contributed by atoms with van der Waals surface area (Å²) in [5.41, 5.74) is 2.36. The summed E-state index contributed by atoms with van der Waals surface area (Å²) in [5, 5.41) is 3.82. The van der Waals surface area contributed by atoms with E-state index in [1.165, 1.54) is 5.56 Å². The zero-order valence-corrected chi connectivity index (χ0v) is 13.4. The van der Waals surface area contributed by atoms with Gasteiger partial charge in [-0.3, -0.25) is 9.78 Å². The van der Waals surface area contributed by atoms with Crippen LogP contribution < -0.4 is 10.1 Å². The number of ether oxygens (including phenoxy) is 1. The van der Waals surface area contributed by atoms with Gasteiger partial charge in [-0.15, -0.1) is 0 Å². The first-order chi connectivity index (χ1) is 11.7. The average molecular weight is 322 g/mol. The number of methoxy groups -OCH3 is 1. The molecule has 122 valence electrons. The monoisotopic (exact) mass is 322 g/mol. The van der Waals surface area contributed by atoms with Gasteiger partial charge in [-0.25, -0.2) is 0 Å². The lowest BCUT2D eigenvalue weighted by Crippen LogP contribution is -2.43. The number of carbonyl (C=O) groups is 1. The summed E-state index contributed by atoms with van der Waals surface area (Å²) in [6.45, 7) is 0. The molecule has 1 aliphatic carbocycles. The number of amides is 1. The molecule has 5 nitrogen and oxygen atoms in total. The van der Waals surface area contributed by atoms with Gasteiger partial charge in [0, 0.05) is 12.2 Å². The second kappa shape index (κ2) is 6.00.